The van der Waals surface area contributed by atoms with Gasteiger partial charge in [0, 0.05) is 6.54 Å². The van der Waals surface area contributed by atoms with Gasteiger partial charge in [-0.1, -0.05) is 6.07 Å². The van der Waals surface area contributed by atoms with Crippen molar-refractivity contribution in [1.29, 1.82) is 0 Å². The van der Waals surface area contributed by atoms with Crippen LogP contribution in [0.1, 0.15) is 17.1 Å². The molecule has 2 aromatic rings. The van der Waals surface area contributed by atoms with E-state index in [9.17, 15) is 8.78 Å². The molecule has 2 nitrogen and oxygen atoms in total. The van der Waals surface area contributed by atoms with Crippen LogP contribution in [-0.4, -0.2) is 6.26 Å². The third-order valence-electron chi connectivity index (χ3n) is 2.62. The molecule has 1 N–H and O–H groups in total. The average molecular weight is 283 g/mol. The minimum Gasteiger partial charge on any atom is -0.464 e. The van der Waals surface area contributed by atoms with Crippen molar-refractivity contribution in [3.8, 4) is 0 Å². The van der Waals surface area contributed by atoms with Gasteiger partial charge in [-0.15, -0.1) is 0 Å². The van der Waals surface area contributed by atoms with E-state index in [0.29, 0.717) is 18.7 Å². The van der Waals surface area contributed by atoms with Crippen molar-refractivity contribution in [2.45, 2.75) is 18.8 Å². The molecule has 0 aliphatic rings. The Labute approximate surface area is 115 Å². The number of benzene rings is 1. The van der Waals surface area contributed by atoms with Gasteiger partial charge < -0.3 is 9.73 Å². The van der Waals surface area contributed by atoms with E-state index in [1.54, 1.807) is 17.8 Å². The molecule has 102 valence electrons. The van der Waals surface area contributed by atoms with E-state index in [2.05, 4.69) is 5.32 Å². The summed E-state index contributed by atoms with van der Waals surface area (Å²) in [7, 11) is 0. The summed E-state index contributed by atoms with van der Waals surface area (Å²) in [6.45, 7) is 1.03. The Morgan fingerprint density at radius 3 is 2.58 bits per heavy atom. The molecule has 2 rings (SSSR count). The zero-order valence-electron chi connectivity index (χ0n) is 10.6. The highest BCUT2D eigenvalue weighted by Gasteiger charge is 2.04. The predicted octanol–water partition coefficient (Wildman–Crippen LogP) is 3.71. The molecule has 0 saturated carbocycles. The molecular weight excluding hydrogens is 268 g/mol. The zero-order valence-corrected chi connectivity index (χ0v) is 11.4. The highest BCUT2D eigenvalue weighted by molar-refractivity contribution is 7.97. The number of hydrogen-bond donors (Lipinski definition) is 1. The molecule has 0 fully saturated rings. The lowest BCUT2D eigenvalue weighted by molar-refractivity contribution is 0.458. The molecule has 19 heavy (non-hydrogen) atoms. The van der Waals surface area contributed by atoms with Crippen LogP contribution in [0.2, 0.25) is 0 Å². The van der Waals surface area contributed by atoms with Crippen LogP contribution < -0.4 is 5.32 Å². The van der Waals surface area contributed by atoms with Crippen molar-refractivity contribution in [2.24, 2.45) is 0 Å². The van der Waals surface area contributed by atoms with E-state index in [-0.39, 0.29) is 0 Å². The van der Waals surface area contributed by atoms with Gasteiger partial charge in [0.05, 0.1) is 12.3 Å². The first kappa shape index (κ1) is 14.1. The number of nitrogens with one attached hydrogen (secondary N) is 1. The molecule has 0 saturated heterocycles. The molecule has 0 aliphatic heterocycles. The number of halogens is 2. The Kier molecular flexibility index (Phi) is 4.99. The second-order valence-electron chi connectivity index (χ2n) is 4.15. The summed E-state index contributed by atoms with van der Waals surface area (Å²) < 4.78 is 31.3. The van der Waals surface area contributed by atoms with E-state index >= 15 is 0 Å². The van der Waals surface area contributed by atoms with Crippen molar-refractivity contribution in [3.05, 3.63) is 59.1 Å². The standard InChI is InChI=1S/C14H15F2NOS/c1-19-9-12-4-3-11(18-12)8-17-7-10-2-5-13(15)14(16)6-10/h2-6,17H,7-9H2,1H3. The smallest absolute Gasteiger partial charge is 0.159 e. The van der Waals surface area contributed by atoms with Crippen LogP contribution in [-0.2, 0) is 18.8 Å². The Morgan fingerprint density at radius 1 is 1.05 bits per heavy atom. The summed E-state index contributed by atoms with van der Waals surface area (Å²) in [6.07, 6.45) is 2.02. The number of hydrogen-bond acceptors (Lipinski definition) is 3. The van der Waals surface area contributed by atoms with Gasteiger partial charge in [0.15, 0.2) is 11.6 Å². The molecule has 0 bridgehead atoms. The number of rotatable bonds is 6. The first-order valence-electron chi connectivity index (χ1n) is 5.90. The topological polar surface area (TPSA) is 25.2 Å². The molecular formula is C14H15F2NOS. The van der Waals surface area contributed by atoms with Crippen LogP contribution in [0, 0.1) is 11.6 Å². The molecule has 5 heteroatoms. The summed E-state index contributed by atoms with van der Waals surface area (Å²) in [5.74, 6) is 0.989. The Morgan fingerprint density at radius 2 is 1.84 bits per heavy atom. The van der Waals surface area contributed by atoms with Crippen LogP contribution >= 0.6 is 11.8 Å². The van der Waals surface area contributed by atoms with Gasteiger partial charge in [0.25, 0.3) is 0 Å². The van der Waals surface area contributed by atoms with Crippen LogP contribution in [0.25, 0.3) is 0 Å². The van der Waals surface area contributed by atoms with Gasteiger partial charge in [-0.3, -0.25) is 0 Å². The summed E-state index contributed by atoms with van der Waals surface area (Å²) >= 11 is 1.70. The maximum atomic E-state index is 13.0. The Bertz CT molecular complexity index is 542. The lowest BCUT2D eigenvalue weighted by Gasteiger charge is -2.03. The van der Waals surface area contributed by atoms with Crippen molar-refractivity contribution in [2.75, 3.05) is 6.26 Å². The largest absolute Gasteiger partial charge is 0.464 e. The molecule has 0 aliphatic carbocycles. The Balaban J connectivity index is 1.83. The first-order chi connectivity index (χ1) is 9.19. The lowest BCUT2D eigenvalue weighted by atomic mass is 10.2. The molecule has 0 amide bonds. The minimum atomic E-state index is -0.823. The SMILES string of the molecule is CSCc1ccc(CNCc2ccc(F)c(F)c2)o1. The van der Waals surface area contributed by atoms with Gasteiger partial charge in [-0.05, 0) is 36.1 Å². The zero-order chi connectivity index (χ0) is 13.7. The van der Waals surface area contributed by atoms with Crippen molar-refractivity contribution in [1.82, 2.24) is 5.32 Å². The second kappa shape index (κ2) is 6.73. The third kappa shape index (κ3) is 4.08. The molecule has 0 unspecified atom stereocenters. The first-order valence-corrected chi connectivity index (χ1v) is 7.29. The van der Waals surface area contributed by atoms with Crippen LogP contribution in [0.3, 0.4) is 0 Å². The van der Waals surface area contributed by atoms with E-state index in [1.807, 2.05) is 18.4 Å². The van der Waals surface area contributed by atoms with Gasteiger partial charge in [-0.25, -0.2) is 8.78 Å². The van der Waals surface area contributed by atoms with Crippen molar-refractivity contribution >= 4 is 11.8 Å². The highest BCUT2D eigenvalue weighted by atomic mass is 32.2. The van der Waals surface area contributed by atoms with E-state index in [0.717, 1.165) is 23.3 Å². The van der Waals surface area contributed by atoms with Crippen LogP contribution in [0.5, 0.6) is 0 Å². The summed E-state index contributed by atoms with van der Waals surface area (Å²) in [5, 5.41) is 3.13. The fourth-order valence-electron chi connectivity index (χ4n) is 1.72. The summed E-state index contributed by atoms with van der Waals surface area (Å²) in [6, 6.07) is 7.76. The summed E-state index contributed by atoms with van der Waals surface area (Å²) in [4.78, 5) is 0. The normalized spacial score (nSPS) is 10.9. The summed E-state index contributed by atoms with van der Waals surface area (Å²) in [5.41, 5.74) is 0.704. The molecule has 1 aromatic heterocycles. The molecule has 1 heterocycles. The van der Waals surface area contributed by atoms with Gasteiger partial charge in [-0.2, -0.15) is 11.8 Å². The predicted molar refractivity (Wildman–Crippen MR) is 72.8 cm³/mol. The van der Waals surface area contributed by atoms with Crippen LogP contribution in [0.4, 0.5) is 8.78 Å². The van der Waals surface area contributed by atoms with Gasteiger partial charge in [0.1, 0.15) is 11.5 Å². The third-order valence-corrected chi connectivity index (χ3v) is 3.19. The van der Waals surface area contributed by atoms with Crippen LogP contribution in [0.15, 0.2) is 34.7 Å². The monoisotopic (exact) mass is 283 g/mol. The average Bonchev–Trinajstić information content (AvgIpc) is 2.82. The number of thioether (sulfide) groups is 1. The number of furan rings is 1. The molecule has 0 spiro atoms. The van der Waals surface area contributed by atoms with E-state index in [4.69, 9.17) is 4.42 Å². The second-order valence-corrected chi connectivity index (χ2v) is 5.02. The quantitative estimate of drug-likeness (QED) is 0.875. The fourth-order valence-corrected chi connectivity index (χ4v) is 2.16. The van der Waals surface area contributed by atoms with Crippen molar-refractivity contribution in [3.63, 3.8) is 0 Å². The highest BCUT2D eigenvalue weighted by Crippen LogP contribution is 2.13. The molecule has 0 atom stereocenters. The molecule has 1 aromatic carbocycles. The maximum absolute atomic E-state index is 13.0. The Hall–Kier alpha value is -1.33. The minimum absolute atomic E-state index is 0.468. The van der Waals surface area contributed by atoms with E-state index < -0.39 is 11.6 Å². The maximum Gasteiger partial charge on any atom is 0.159 e. The van der Waals surface area contributed by atoms with E-state index in [1.165, 1.54) is 6.07 Å². The van der Waals surface area contributed by atoms with Gasteiger partial charge >= 0.3 is 0 Å². The van der Waals surface area contributed by atoms with Gasteiger partial charge in [0.2, 0.25) is 0 Å². The molecule has 0 radical (unpaired) electrons. The fraction of sp³-hybridized carbons (Fsp3) is 0.286. The lowest BCUT2D eigenvalue weighted by Crippen LogP contribution is -2.12. The van der Waals surface area contributed by atoms with Crippen molar-refractivity contribution < 1.29 is 13.2 Å².